The summed E-state index contributed by atoms with van der Waals surface area (Å²) in [7, 11) is 0. The van der Waals surface area contributed by atoms with E-state index in [9.17, 15) is 4.79 Å². The summed E-state index contributed by atoms with van der Waals surface area (Å²) >= 11 is 0. The van der Waals surface area contributed by atoms with Gasteiger partial charge in [0.2, 0.25) is 0 Å². The van der Waals surface area contributed by atoms with Crippen molar-refractivity contribution in [2.75, 3.05) is 0 Å². The fourth-order valence-corrected chi connectivity index (χ4v) is 2.27. The molecule has 86 valence electrons. The van der Waals surface area contributed by atoms with E-state index in [1.165, 1.54) is 11.1 Å². The van der Waals surface area contributed by atoms with Gasteiger partial charge < -0.3 is 0 Å². The van der Waals surface area contributed by atoms with E-state index in [0.717, 1.165) is 30.4 Å². The molecule has 0 aliphatic heterocycles. The molecule has 1 aromatic carbocycles. The third kappa shape index (κ3) is 2.65. The molecule has 1 heteroatoms. The zero-order chi connectivity index (χ0) is 12.3. The quantitative estimate of drug-likeness (QED) is 0.704. The topological polar surface area (TPSA) is 17.1 Å². The third-order valence-electron chi connectivity index (χ3n) is 3.34. The van der Waals surface area contributed by atoms with Crippen LogP contribution in [0.15, 0.2) is 35.4 Å². The van der Waals surface area contributed by atoms with Gasteiger partial charge in [-0.1, -0.05) is 23.6 Å². The van der Waals surface area contributed by atoms with Gasteiger partial charge in [-0.15, -0.1) is 6.42 Å². The van der Waals surface area contributed by atoms with E-state index < -0.39 is 0 Å². The molecule has 17 heavy (non-hydrogen) atoms. The van der Waals surface area contributed by atoms with Gasteiger partial charge in [0.1, 0.15) is 0 Å². The molecule has 0 aromatic heterocycles. The molecule has 0 bridgehead atoms. The molecular formula is C16H16O. The molecule has 0 amide bonds. The summed E-state index contributed by atoms with van der Waals surface area (Å²) in [5.74, 6) is 2.95. The van der Waals surface area contributed by atoms with E-state index in [2.05, 4.69) is 12.0 Å². The van der Waals surface area contributed by atoms with Gasteiger partial charge in [0.05, 0.1) is 0 Å². The summed E-state index contributed by atoms with van der Waals surface area (Å²) in [4.78, 5) is 11.6. The van der Waals surface area contributed by atoms with Crippen LogP contribution < -0.4 is 0 Å². The summed E-state index contributed by atoms with van der Waals surface area (Å²) in [6, 6.07) is 8.00. The van der Waals surface area contributed by atoms with Crippen LogP contribution in [-0.4, -0.2) is 5.78 Å². The Kier molecular flexibility index (Phi) is 3.44. The number of hydrogen-bond donors (Lipinski definition) is 0. The lowest BCUT2D eigenvalue weighted by Crippen LogP contribution is -2.10. The highest BCUT2D eigenvalue weighted by molar-refractivity contribution is 5.96. The van der Waals surface area contributed by atoms with Crippen LogP contribution in [0.3, 0.4) is 0 Å². The summed E-state index contributed by atoms with van der Waals surface area (Å²) < 4.78 is 0. The highest BCUT2D eigenvalue weighted by atomic mass is 16.1. The molecule has 0 unspecified atom stereocenters. The van der Waals surface area contributed by atoms with Crippen LogP contribution in [0.1, 0.15) is 37.3 Å². The number of benzene rings is 1. The molecule has 1 aliphatic rings. The number of rotatable bonds is 2. The molecule has 0 saturated carbocycles. The van der Waals surface area contributed by atoms with Crippen LogP contribution in [0, 0.1) is 12.3 Å². The second-order valence-electron chi connectivity index (χ2n) is 4.53. The zero-order valence-electron chi connectivity index (χ0n) is 10.1. The lowest BCUT2D eigenvalue weighted by atomic mass is 9.88. The van der Waals surface area contributed by atoms with Crippen molar-refractivity contribution >= 4 is 5.78 Å². The summed E-state index contributed by atoms with van der Waals surface area (Å²) in [5.41, 5.74) is 4.34. The first-order chi connectivity index (χ1) is 8.20. The van der Waals surface area contributed by atoms with Gasteiger partial charge in [-0.3, -0.25) is 4.79 Å². The molecule has 0 radical (unpaired) electrons. The molecule has 1 nitrogen and oxygen atoms in total. The maximum absolute atomic E-state index is 11.6. The van der Waals surface area contributed by atoms with Crippen molar-refractivity contribution in [3.05, 3.63) is 46.5 Å². The van der Waals surface area contributed by atoms with Gasteiger partial charge in [-0.2, -0.15) is 0 Å². The SMILES string of the molecule is C#Cc1cccc(CC2=C(C)C(=O)CCC2)c1. The molecule has 0 fully saturated rings. The number of allylic oxidation sites excluding steroid dienone is 2. The maximum Gasteiger partial charge on any atom is 0.158 e. The Morgan fingerprint density at radius 1 is 1.35 bits per heavy atom. The van der Waals surface area contributed by atoms with Gasteiger partial charge in [0, 0.05) is 12.0 Å². The van der Waals surface area contributed by atoms with Crippen molar-refractivity contribution < 1.29 is 4.79 Å². The molecule has 0 N–H and O–H groups in total. The van der Waals surface area contributed by atoms with Crippen LogP contribution in [0.4, 0.5) is 0 Å². The number of ketones is 1. The summed E-state index contributed by atoms with van der Waals surface area (Å²) in [6.07, 6.45) is 8.97. The monoisotopic (exact) mass is 224 g/mol. The van der Waals surface area contributed by atoms with E-state index in [0.29, 0.717) is 12.2 Å². The minimum Gasteiger partial charge on any atom is -0.295 e. The average molecular weight is 224 g/mol. The molecule has 0 heterocycles. The normalized spacial score (nSPS) is 15.9. The van der Waals surface area contributed by atoms with Gasteiger partial charge in [-0.05, 0) is 49.5 Å². The Morgan fingerprint density at radius 3 is 2.94 bits per heavy atom. The Morgan fingerprint density at radius 2 is 2.18 bits per heavy atom. The molecule has 2 rings (SSSR count). The van der Waals surface area contributed by atoms with Gasteiger partial charge in [0.15, 0.2) is 5.78 Å². The largest absolute Gasteiger partial charge is 0.295 e. The first-order valence-electron chi connectivity index (χ1n) is 5.98. The Hall–Kier alpha value is -1.81. The van der Waals surface area contributed by atoms with Crippen molar-refractivity contribution in [2.24, 2.45) is 0 Å². The van der Waals surface area contributed by atoms with Crippen LogP contribution in [-0.2, 0) is 11.2 Å². The fourth-order valence-electron chi connectivity index (χ4n) is 2.27. The lowest BCUT2D eigenvalue weighted by molar-refractivity contribution is -0.116. The highest BCUT2D eigenvalue weighted by Gasteiger charge is 2.16. The molecule has 0 spiro atoms. The lowest BCUT2D eigenvalue weighted by Gasteiger charge is -2.16. The van der Waals surface area contributed by atoms with E-state index in [-0.39, 0.29) is 0 Å². The smallest absolute Gasteiger partial charge is 0.158 e. The Labute approximate surface area is 103 Å². The number of hydrogen-bond acceptors (Lipinski definition) is 1. The van der Waals surface area contributed by atoms with Crippen molar-refractivity contribution in [1.82, 2.24) is 0 Å². The van der Waals surface area contributed by atoms with E-state index in [1.807, 2.05) is 25.1 Å². The fraction of sp³-hybridized carbons (Fsp3) is 0.312. The van der Waals surface area contributed by atoms with Crippen molar-refractivity contribution in [3.63, 3.8) is 0 Å². The molecule has 0 atom stereocenters. The van der Waals surface area contributed by atoms with E-state index >= 15 is 0 Å². The number of carbonyl (C=O) groups excluding carboxylic acids is 1. The van der Waals surface area contributed by atoms with E-state index in [1.54, 1.807) is 0 Å². The minimum absolute atomic E-state index is 0.305. The van der Waals surface area contributed by atoms with E-state index in [4.69, 9.17) is 6.42 Å². The number of Topliss-reactive ketones (excluding diaryl/α,β-unsaturated/α-hetero) is 1. The number of terminal acetylenes is 1. The number of carbonyl (C=O) groups is 1. The van der Waals surface area contributed by atoms with Crippen molar-refractivity contribution in [2.45, 2.75) is 32.6 Å². The molecular weight excluding hydrogens is 208 g/mol. The van der Waals surface area contributed by atoms with Crippen molar-refractivity contribution in [1.29, 1.82) is 0 Å². The standard InChI is InChI=1S/C16H16O/c1-3-13-6-4-7-14(10-13)11-15-8-5-9-16(17)12(15)2/h1,4,6-7,10H,5,8-9,11H2,2H3. The molecule has 0 saturated heterocycles. The van der Waals surface area contributed by atoms with Crippen LogP contribution in [0.2, 0.25) is 0 Å². The van der Waals surface area contributed by atoms with Crippen LogP contribution >= 0.6 is 0 Å². The predicted octanol–water partition coefficient (Wildman–Crippen LogP) is 3.28. The van der Waals surface area contributed by atoms with Crippen LogP contribution in [0.5, 0.6) is 0 Å². The zero-order valence-corrected chi connectivity index (χ0v) is 10.1. The highest BCUT2D eigenvalue weighted by Crippen LogP contribution is 2.25. The summed E-state index contributed by atoms with van der Waals surface area (Å²) in [5, 5.41) is 0. The second-order valence-corrected chi connectivity index (χ2v) is 4.53. The Balaban J connectivity index is 2.23. The second kappa shape index (κ2) is 5.01. The first-order valence-corrected chi connectivity index (χ1v) is 5.98. The first kappa shape index (κ1) is 11.7. The minimum atomic E-state index is 0.305. The van der Waals surface area contributed by atoms with Crippen molar-refractivity contribution in [3.8, 4) is 12.3 Å². The average Bonchev–Trinajstić information content (AvgIpc) is 2.35. The third-order valence-corrected chi connectivity index (χ3v) is 3.34. The predicted molar refractivity (Wildman–Crippen MR) is 69.6 cm³/mol. The van der Waals surface area contributed by atoms with Gasteiger partial charge in [-0.25, -0.2) is 0 Å². The van der Waals surface area contributed by atoms with Gasteiger partial charge >= 0.3 is 0 Å². The maximum atomic E-state index is 11.6. The Bertz CT molecular complexity index is 515. The molecule has 1 aromatic rings. The molecule has 1 aliphatic carbocycles. The summed E-state index contributed by atoms with van der Waals surface area (Å²) in [6.45, 7) is 1.95. The van der Waals surface area contributed by atoms with Gasteiger partial charge in [0.25, 0.3) is 0 Å². The van der Waals surface area contributed by atoms with Crippen LogP contribution in [0.25, 0.3) is 0 Å².